The summed E-state index contributed by atoms with van der Waals surface area (Å²) in [6.45, 7) is 4.60. The van der Waals surface area contributed by atoms with Crippen molar-refractivity contribution in [3.63, 3.8) is 0 Å². The van der Waals surface area contributed by atoms with Crippen LogP contribution >= 0.6 is 0 Å². The van der Waals surface area contributed by atoms with Gasteiger partial charge in [0.1, 0.15) is 0 Å². The van der Waals surface area contributed by atoms with Gasteiger partial charge in [-0.3, -0.25) is 24.1 Å². The normalized spacial score (nSPS) is 16.6. The molecular formula is C24H25N3O4. The van der Waals surface area contributed by atoms with Gasteiger partial charge in [0.05, 0.1) is 11.1 Å². The van der Waals surface area contributed by atoms with Gasteiger partial charge in [0, 0.05) is 36.3 Å². The molecule has 1 N–H and O–H groups in total. The van der Waals surface area contributed by atoms with Crippen molar-refractivity contribution in [1.29, 1.82) is 0 Å². The molecule has 4 rings (SSSR count). The summed E-state index contributed by atoms with van der Waals surface area (Å²) < 4.78 is 0. The largest absolute Gasteiger partial charge is 0.349 e. The molecule has 4 amide bonds. The lowest BCUT2D eigenvalue weighted by Crippen LogP contribution is -2.46. The molecule has 0 atom stereocenters. The smallest absolute Gasteiger partial charge is 0.261 e. The van der Waals surface area contributed by atoms with E-state index in [0.717, 1.165) is 0 Å². The topological polar surface area (TPSA) is 86.8 Å². The van der Waals surface area contributed by atoms with Crippen LogP contribution in [0.5, 0.6) is 0 Å². The van der Waals surface area contributed by atoms with Crippen molar-refractivity contribution in [2.24, 2.45) is 0 Å². The van der Waals surface area contributed by atoms with E-state index in [1.807, 2.05) is 18.2 Å². The Kier molecular flexibility index (Phi) is 5.59. The summed E-state index contributed by atoms with van der Waals surface area (Å²) >= 11 is 0. The summed E-state index contributed by atoms with van der Waals surface area (Å²) in [5.41, 5.74) is 1.65. The van der Waals surface area contributed by atoms with Gasteiger partial charge in [-0.25, -0.2) is 0 Å². The molecule has 0 spiro atoms. The Morgan fingerprint density at radius 2 is 1.55 bits per heavy atom. The van der Waals surface area contributed by atoms with E-state index >= 15 is 0 Å². The minimum atomic E-state index is -0.355. The minimum Gasteiger partial charge on any atom is -0.349 e. The highest BCUT2D eigenvalue weighted by Gasteiger charge is 2.38. The molecule has 160 valence electrons. The first-order valence-electron chi connectivity index (χ1n) is 10.5. The van der Waals surface area contributed by atoms with Crippen LogP contribution in [0, 0.1) is 0 Å². The molecule has 1 saturated heterocycles. The maximum absolute atomic E-state index is 13.0. The molecule has 1 fully saturated rings. The second-order valence-corrected chi connectivity index (χ2v) is 8.24. The number of hydrogen-bond donors (Lipinski definition) is 1. The zero-order valence-corrected chi connectivity index (χ0v) is 17.6. The molecule has 2 aromatic rings. The maximum atomic E-state index is 13.0. The van der Waals surface area contributed by atoms with Crippen molar-refractivity contribution >= 4 is 23.6 Å². The zero-order chi connectivity index (χ0) is 22.1. The van der Waals surface area contributed by atoms with Crippen molar-refractivity contribution in [2.75, 3.05) is 13.1 Å². The molecule has 31 heavy (non-hydrogen) atoms. The lowest BCUT2D eigenvalue weighted by atomic mass is 10.0. The number of likely N-dealkylation sites (tertiary alicyclic amines) is 1. The van der Waals surface area contributed by atoms with Crippen LogP contribution in [0.2, 0.25) is 0 Å². The van der Waals surface area contributed by atoms with Crippen LogP contribution in [-0.2, 0) is 0 Å². The Morgan fingerprint density at radius 3 is 2.19 bits per heavy atom. The summed E-state index contributed by atoms with van der Waals surface area (Å²) in [6, 6.07) is 13.5. The SMILES string of the molecule is CC(C)N1C(=O)c2ccc(C(=O)N3CCC(NC(=O)c4ccccc4)CC3)cc2C1=O. The van der Waals surface area contributed by atoms with E-state index in [4.69, 9.17) is 0 Å². The number of piperidine rings is 1. The van der Waals surface area contributed by atoms with Crippen molar-refractivity contribution in [2.45, 2.75) is 38.8 Å². The van der Waals surface area contributed by atoms with Crippen LogP contribution in [0.1, 0.15) is 68.1 Å². The van der Waals surface area contributed by atoms with Gasteiger partial charge in [0.15, 0.2) is 0 Å². The lowest BCUT2D eigenvalue weighted by Gasteiger charge is -2.32. The van der Waals surface area contributed by atoms with E-state index in [9.17, 15) is 19.2 Å². The van der Waals surface area contributed by atoms with Gasteiger partial charge < -0.3 is 10.2 Å². The summed E-state index contributed by atoms with van der Waals surface area (Å²) in [4.78, 5) is 53.3. The van der Waals surface area contributed by atoms with Crippen LogP contribution in [0.4, 0.5) is 0 Å². The van der Waals surface area contributed by atoms with Gasteiger partial charge in [0.2, 0.25) is 0 Å². The van der Waals surface area contributed by atoms with E-state index in [2.05, 4.69) is 5.32 Å². The highest BCUT2D eigenvalue weighted by atomic mass is 16.2. The molecule has 0 aromatic heterocycles. The molecule has 0 unspecified atom stereocenters. The molecule has 2 aromatic carbocycles. The average Bonchev–Trinajstić information content (AvgIpc) is 3.04. The fourth-order valence-electron chi connectivity index (χ4n) is 4.13. The Labute approximate surface area is 181 Å². The van der Waals surface area contributed by atoms with Gasteiger partial charge in [-0.2, -0.15) is 0 Å². The number of nitrogens with one attached hydrogen (secondary N) is 1. The number of fused-ring (bicyclic) bond motifs is 1. The number of hydrogen-bond acceptors (Lipinski definition) is 4. The predicted octanol–water partition coefficient (Wildman–Crippen LogP) is 2.73. The zero-order valence-electron chi connectivity index (χ0n) is 17.6. The van der Waals surface area contributed by atoms with Crippen molar-refractivity contribution < 1.29 is 19.2 Å². The monoisotopic (exact) mass is 419 g/mol. The molecule has 0 bridgehead atoms. The third-order valence-electron chi connectivity index (χ3n) is 5.83. The highest BCUT2D eigenvalue weighted by Crippen LogP contribution is 2.26. The van der Waals surface area contributed by atoms with Gasteiger partial charge in [-0.15, -0.1) is 0 Å². The Hall–Kier alpha value is -3.48. The minimum absolute atomic E-state index is 0.00979. The summed E-state index contributed by atoms with van der Waals surface area (Å²) in [7, 11) is 0. The van der Waals surface area contributed by atoms with Crippen molar-refractivity contribution in [3.05, 3.63) is 70.8 Å². The molecular weight excluding hydrogens is 394 g/mol. The molecule has 0 aliphatic carbocycles. The summed E-state index contributed by atoms with van der Waals surface area (Å²) in [5, 5.41) is 3.03. The fraction of sp³-hybridized carbons (Fsp3) is 0.333. The van der Waals surface area contributed by atoms with Gasteiger partial charge in [-0.05, 0) is 57.0 Å². The van der Waals surface area contributed by atoms with Crippen molar-refractivity contribution in [1.82, 2.24) is 15.1 Å². The Bertz CT molecular complexity index is 1040. The quantitative estimate of drug-likeness (QED) is 0.772. The number of carbonyl (C=O) groups is 4. The van der Waals surface area contributed by atoms with Crippen LogP contribution in [-0.4, -0.2) is 58.6 Å². The van der Waals surface area contributed by atoms with E-state index in [1.165, 1.54) is 11.0 Å². The van der Waals surface area contributed by atoms with E-state index in [1.54, 1.807) is 43.0 Å². The lowest BCUT2D eigenvalue weighted by molar-refractivity contribution is 0.0607. The average molecular weight is 419 g/mol. The molecule has 2 aliphatic heterocycles. The van der Waals surface area contributed by atoms with E-state index in [-0.39, 0.29) is 41.3 Å². The standard InChI is InChI=1S/C24H25N3O4/c1-15(2)27-23(30)19-9-8-17(14-20(19)24(27)31)22(29)26-12-10-18(11-13-26)25-21(28)16-6-4-3-5-7-16/h3-9,14-15,18H,10-13H2,1-2H3,(H,25,28). The Morgan fingerprint density at radius 1 is 0.903 bits per heavy atom. The number of carbonyl (C=O) groups excluding carboxylic acids is 4. The van der Waals surface area contributed by atoms with Crippen LogP contribution < -0.4 is 5.32 Å². The number of imide groups is 1. The number of benzene rings is 2. The van der Waals surface area contributed by atoms with E-state index in [0.29, 0.717) is 42.6 Å². The van der Waals surface area contributed by atoms with Gasteiger partial charge in [-0.1, -0.05) is 18.2 Å². The fourth-order valence-corrected chi connectivity index (χ4v) is 4.13. The molecule has 7 heteroatoms. The summed E-state index contributed by atoms with van der Waals surface area (Å²) in [5.74, 6) is -0.947. The second kappa shape index (κ2) is 8.34. The number of nitrogens with zero attached hydrogens (tertiary/aromatic N) is 2. The maximum Gasteiger partial charge on any atom is 0.261 e. The highest BCUT2D eigenvalue weighted by molar-refractivity contribution is 6.22. The predicted molar refractivity (Wildman–Crippen MR) is 115 cm³/mol. The Balaban J connectivity index is 1.39. The number of amides is 4. The first kappa shape index (κ1) is 20.8. The third kappa shape index (κ3) is 3.95. The van der Waals surface area contributed by atoms with Gasteiger partial charge >= 0.3 is 0 Å². The first-order valence-corrected chi connectivity index (χ1v) is 10.5. The van der Waals surface area contributed by atoms with Crippen LogP contribution in [0.3, 0.4) is 0 Å². The van der Waals surface area contributed by atoms with Gasteiger partial charge in [0.25, 0.3) is 23.6 Å². The molecule has 7 nitrogen and oxygen atoms in total. The third-order valence-corrected chi connectivity index (χ3v) is 5.83. The van der Waals surface area contributed by atoms with E-state index < -0.39 is 0 Å². The molecule has 2 heterocycles. The molecule has 2 aliphatic rings. The summed E-state index contributed by atoms with van der Waals surface area (Å²) in [6.07, 6.45) is 1.32. The van der Waals surface area contributed by atoms with Crippen LogP contribution in [0.25, 0.3) is 0 Å². The second-order valence-electron chi connectivity index (χ2n) is 8.24. The molecule has 0 saturated carbocycles. The van der Waals surface area contributed by atoms with Crippen molar-refractivity contribution in [3.8, 4) is 0 Å². The molecule has 0 radical (unpaired) electrons. The van der Waals surface area contributed by atoms with Crippen LogP contribution in [0.15, 0.2) is 48.5 Å². The number of rotatable bonds is 4. The first-order chi connectivity index (χ1) is 14.9.